The number of pyridine rings is 1. The molecule has 0 amide bonds. The predicted octanol–water partition coefficient (Wildman–Crippen LogP) is 10.6. The van der Waals surface area contributed by atoms with Crippen molar-refractivity contribution in [2.24, 2.45) is 5.92 Å². The molecule has 1 aromatic carbocycles. The van der Waals surface area contributed by atoms with E-state index in [0.717, 1.165) is 25.2 Å². The van der Waals surface area contributed by atoms with Crippen LogP contribution in [0.4, 0.5) is 4.39 Å². The molecule has 0 saturated heterocycles. The Hall–Kier alpha value is -1.90. The molecule has 1 fully saturated rings. The van der Waals surface area contributed by atoms with Gasteiger partial charge in [-0.05, 0) is 74.6 Å². The number of halogens is 1. The molecule has 1 saturated carbocycles. The number of nitrogens with zero attached hydrogens (tertiary/aromatic N) is 1. The molecular formula is C33H50FNO. The lowest BCUT2D eigenvalue weighted by atomic mass is 9.77. The van der Waals surface area contributed by atoms with Crippen molar-refractivity contribution < 1.29 is 9.13 Å². The van der Waals surface area contributed by atoms with E-state index in [4.69, 9.17) is 4.74 Å². The zero-order chi connectivity index (χ0) is 25.6. The maximum Gasteiger partial charge on any atom is 0.136 e. The first-order valence-electron chi connectivity index (χ1n) is 15.0. The molecule has 200 valence electrons. The van der Waals surface area contributed by atoms with Crippen molar-refractivity contribution in [3.63, 3.8) is 0 Å². The Morgan fingerprint density at radius 3 is 2.19 bits per heavy atom. The SMILES string of the molecule is CCCCCCCCCC[C@H]1CC[C@H](c2ccc(-c3ccc(O[C@@H](C)CCCC)cc3F)nc2)CC1. The Balaban J connectivity index is 1.41. The largest absolute Gasteiger partial charge is 0.491 e. The summed E-state index contributed by atoms with van der Waals surface area (Å²) >= 11 is 0. The number of hydrogen-bond donors (Lipinski definition) is 0. The van der Waals surface area contributed by atoms with E-state index in [1.165, 1.54) is 95.1 Å². The van der Waals surface area contributed by atoms with Crippen LogP contribution in [0.15, 0.2) is 36.5 Å². The third-order valence-corrected chi connectivity index (χ3v) is 8.09. The summed E-state index contributed by atoms with van der Waals surface area (Å²) in [5.74, 6) is 1.84. The Labute approximate surface area is 220 Å². The molecule has 0 spiro atoms. The summed E-state index contributed by atoms with van der Waals surface area (Å²) in [6.45, 7) is 6.50. The van der Waals surface area contributed by atoms with Gasteiger partial charge in [-0.1, -0.05) is 90.5 Å². The maximum atomic E-state index is 14.8. The summed E-state index contributed by atoms with van der Waals surface area (Å²) in [7, 11) is 0. The summed E-state index contributed by atoms with van der Waals surface area (Å²) < 4.78 is 20.7. The zero-order valence-electron chi connectivity index (χ0n) is 23.2. The lowest BCUT2D eigenvalue weighted by Gasteiger charge is -2.28. The summed E-state index contributed by atoms with van der Waals surface area (Å²) in [4.78, 5) is 4.65. The second-order valence-electron chi connectivity index (χ2n) is 11.2. The van der Waals surface area contributed by atoms with Crippen LogP contribution in [-0.2, 0) is 0 Å². The molecule has 1 atom stereocenters. The van der Waals surface area contributed by atoms with Crippen LogP contribution in [0.2, 0.25) is 0 Å². The molecule has 0 radical (unpaired) electrons. The van der Waals surface area contributed by atoms with Gasteiger partial charge in [-0.2, -0.15) is 0 Å². The first kappa shape index (κ1) is 28.7. The van der Waals surface area contributed by atoms with Gasteiger partial charge in [0.2, 0.25) is 0 Å². The number of benzene rings is 1. The number of ether oxygens (including phenoxy) is 1. The average molecular weight is 496 g/mol. The van der Waals surface area contributed by atoms with Gasteiger partial charge in [0.15, 0.2) is 0 Å². The minimum Gasteiger partial charge on any atom is -0.491 e. The average Bonchev–Trinajstić information content (AvgIpc) is 2.90. The van der Waals surface area contributed by atoms with Crippen LogP contribution in [0.25, 0.3) is 11.3 Å². The lowest BCUT2D eigenvalue weighted by Crippen LogP contribution is -2.13. The molecule has 2 nitrogen and oxygen atoms in total. The van der Waals surface area contributed by atoms with Crippen LogP contribution < -0.4 is 4.74 Å². The highest BCUT2D eigenvalue weighted by Gasteiger charge is 2.22. The van der Waals surface area contributed by atoms with Crippen molar-refractivity contribution in [2.75, 3.05) is 0 Å². The van der Waals surface area contributed by atoms with E-state index in [9.17, 15) is 4.39 Å². The Kier molecular flexibility index (Phi) is 12.8. The van der Waals surface area contributed by atoms with E-state index in [-0.39, 0.29) is 11.9 Å². The molecule has 0 bridgehead atoms. The Morgan fingerprint density at radius 1 is 0.861 bits per heavy atom. The Morgan fingerprint density at radius 2 is 1.56 bits per heavy atom. The molecule has 0 aliphatic heterocycles. The van der Waals surface area contributed by atoms with Crippen LogP contribution in [-0.4, -0.2) is 11.1 Å². The van der Waals surface area contributed by atoms with E-state index in [1.807, 2.05) is 25.3 Å². The van der Waals surface area contributed by atoms with E-state index >= 15 is 0 Å². The van der Waals surface area contributed by atoms with E-state index in [2.05, 4.69) is 24.9 Å². The molecule has 0 N–H and O–H groups in total. The van der Waals surface area contributed by atoms with Gasteiger partial charge in [0.1, 0.15) is 11.6 Å². The summed E-state index contributed by atoms with van der Waals surface area (Å²) in [5, 5.41) is 0. The van der Waals surface area contributed by atoms with Crippen molar-refractivity contribution in [1.29, 1.82) is 0 Å². The van der Waals surface area contributed by atoms with Crippen LogP contribution in [0, 0.1) is 11.7 Å². The fourth-order valence-electron chi connectivity index (χ4n) is 5.72. The highest BCUT2D eigenvalue weighted by atomic mass is 19.1. The number of hydrogen-bond acceptors (Lipinski definition) is 2. The van der Waals surface area contributed by atoms with E-state index in [0.29, 0.717) is 22.9 Å². The molecule has 0 unspecified atom stereocenters. The molecule has 1 aliphatic rings. The van der Waals surface area contributed by atoms with Gasteiger partial charge in [0, 0.05) is 17.8 Å². The van der Waals surface area contributed by atoms with Crippen molar-refractivity contribution in [1.82, 2.24) is 4.98 Å². The van der Waals surface area contributed by atoms with Gasteiger partial charge in [0.25, 0.3) is 0 Å². The molecule has 36 heavy (non-hydrogen) atoms. The normalized spacial score (nSPS) is 18.8. The van der Waals surface area contributed by atoms with Crippen LogP contribution in [0.3, 0.4) is 0 Å². The van der Waals surface area contributed by atoms with Gasteiger partial charge in [-0.3, -0.25) is 4.98 Å². The lowest BCUT2D eigenvalue weighted by molar-refractivity contribution is 0.206. The molecule has 1 aromatic heterocycles. The first-order chi connectivity index (χ1) is 17.6. The van der Waals surface area contributed by atoms with Gasteiger partial charge in [-0.25, -0.2) is 4.39 Å². The third kappa shape index (κ3) is 9.52. The van der Waals surface area contributed by atoms with Crippen LogP contribution >= 0.6 is 0 Å². The molecule has 1 heterocycles. The van der Waals surface area contributed by atoms with Crippen LogP contribution in [0.5, 0.6) is 5.75 Å². The van der Waals surface area contributed by atoms with E-state index < -0.39 is 0 Å². The fourth-order valence-corrected chi connectivity index (χ4v) is 5.72. The van der Waals surface area contributed by atoms with Gasteiger partial charge >= 0.3 is 0 Å². The van der Waals surface area contributed by atoms with Crippen molar-refractivity contribution in [3.05, 3.63) is 47.9 Å². The van der Waals surface area contributed by atoms with Gasteiger partial charge in [0.05, 0.1) is 11.8 Å². The number of unbranched alkanes of at least 4 members (excludes halogenated alkanes) is 8. The number of rotatable bonds is 16. The third-order valence-electron chi connectivity index (χ3n) is 8.09. The predicted molar refractivity (Wildman–Crippen MR) is 151 cm³/mol. The summed E-state index contributed by atoms with van der Waals surface area (Å²) in [6, 6.07) is 9.33. The fraction of sp³-hybridized carbons (Fsp3) is 0.667. The molecule has 1 aliphatic carbocycles. The number of aromatic nitrogens is 1. The maximum absolute atomic E-state index is 14.8. The van der Waals surface area contributed by atoms with Gasteiger partial charge < -0.3 is 4.74 Å². The van der Waals surface area contributed by atoms with Gasteiger partial charge in [-0.15, -0.1) is 0 Å². The summed E-state index contributed by atoms with van der Waals surface area (Å²) in [5.41, 5.74) is 2.56. The quantitative estimate of drug-likeness (QED) is 0.216. The van der Waals surface area contributed by atoms with Crippen molar-refractivity contribution in [2.45, 2.75) is 136 Å². The molecule has 3 heteroatoms. The molecular weight excluding hydrogens is 445 g/mol. The minimum absolute atomic E-state index is 0.100. The standard InChI is InChI=1S/C33H50FNO/c1-4-6-8-9-10-11-12-13-15-27-16-18-28(19-17-27)29-20-23-33(35-25-29)31-22-21-30(24-32(31)34)36-26(3)14-7-5-2/h20-28H,4-19H2,1-3H3/t26-,27-,28-/m0/s1. The highest BCUT2D eigenvalue weighted by Crippen LogP contribution is 2.38. The molecule has 3 rings (SSSR count). The van der Waals surface area contributed by atoms with Crippen LogP contribution in [0.1, 0.15) is 135 Å². The smallest absolute Gasteiger partial charge is 0.136 e. The molecule has 2 aromatic rings. The highest BCUT2D eigenvalue weighted by molar-refractivity contribution is 5.61. The first-order valence-corrected chi connectivity index (χ1v) is 15.0. The monoisotopic (exact) mass is 495 g/mol. The summed E-state index contributed by atoms with van der Waals surface area (Å²) in [6.07, 6.45) is 23.2. The zero-order valence-corrected chi connectivity index (χ0v) is 23.2. The second kappa shape index (κ2) is 16.0. The minimum atomic E-state index is -0.267. The second-order valence-corrected chi connectivity index (χ2v) is 11.2. The van der Waals surface area contributed by atoms with Crippen molar-refractivity contribution >= 4 is 0 Å². The van der Waals surface area contributed by atoms with E-state index in [1.54, 1.807) is 6.07 Å². The Bertz CT molecular complexity index is 856. The topological polar surface area (TPSA) is 22.1 Å². The van der Waals surface area contributed by atoms with Crippen molar-refractivity contribution in [3.8, 4) is 17.0 Å².